The molecule has 0 atom stereocenters. The van der Waals surface area contributed by atoms with E-state index in [1.54, 1.807) is 0 Å². The summed E-state index contributed by atoms with van der Waals surface area (Å²) < 4.78 is 11.3. The van der Waals surface area contributed by atoms with E-state index >= 15 is 0 Å². The fourth-order valence-corrected chi connectivity index (χ4v) is 1.79. The summed E-state index contributed by atoms with van der Waals surface area (Å²) in [6.45, 7) is 5.24. The number of para-hydroxylation sites is 1. The maximum Gasteiger partial charge on any atom is 0.122 e. The first-order valence-electron chi connectivity index (χ1n) is 6.13. The first-order valence-corrected chi connectivity index (χ1v) is 6.13. The van der Waals surface area contributed by atoms with Crippen LogP contribution in [0.1, 0.15) is 11.1 Å². The highest BCUT2D eigenvalue weighted by Gasteiger charge is 1.99. The van der Waals surface area contributed by atoms with Crippen LogP contribution < -0.4 is 9.47 Å². The number of hydrogen-bond acceptors (Lipinski definition) is 2. The minimum Gasteiger partial charge on any atom is -0.490 e. The van der Waals surface area contributed by atoms with Crippen molar-refractivity contribution in [3.8, 4) is 11.5 Å². The Labute approximate surface area is 108 Å². The largest absolute Gasteiger partial charge is 0.490 e. The van der Waals surface area contributed by atoms with Gasteiger partial charge in [-0.3, -0.25) is 0 Å². The topological polar surface area (TPSA) is 18.5 Å². The molecule has 0 N–H and O–H groups in total. The van der Waals surface area contributed by atoms with Gasteiger partial charge in [-0.05, 0) is 37.6 Å². The highest BCUT2D eigenvalue weighted by Crippen LogP contribution is 2.18. The van der Waals surface area contributed by atoms with Gasteiger partial charge in [0.05, 0.1) is 0 Å². The van der Waals surface area contributed by atoms with E-state index in [9.17, 15) is 0 Å². The molecule has 2 aromatic carbocycles. The van der Waals surface area contributed by atoms with Gasteiger partial charge in [-0.2, -0.15) is 0 Å². The van der Waals surface area contributed by atoms with Crippen molar-refractivity contribution >= 4 is 0 Å². The lowest BCUT2D eigenvalue weighted by atomic mass is 10.1. The first-order chi connectivity index (χ1) is 8.75. The Balaban J connectivity index is 1.79. The lowest BCUT2D eigenvalue weighted by Crippen LogP contribution is -2.09. The second-order valence-electron chi connectivity index (χ2n) is 4.28. The molecule has 2 heteroatoms. The average molecular weight is 242 g/mol. The van der Waals surface area contributed by atoms with Crippen LogP contribution in [0.3, 0.4) is 0 Å². The Hall–Kier alpha value is -1.96. The van der Waals surface area contributed by atoms with Crippen LogP contribution >= 0.6 is 0 Å². The van der Waals surface area contributed by atoms with Crippen molar-refractivity contribution < 1.29 is 9.47 Å². The summed E-state index contributed by atoms with van der Waals surface area (Å²) in [6, 6.07) is 16.0. The number of ether oxygens (including phenoxy) is 2. The van der Waals surface area contributed by atoms with Gasteiger partial charge >= 0.3 is 0 Å². The molecule has 0 amide bonds. The molecule has 18 heavy (non-hydrogen) atoms. The van der Waals surface area contributed by atoms with E-state index in [4.69, 9.17) is 9.47 Å². The van der Waals surface area contributed by atoms with E-state index in [1.807, 2.05) is 36.4 Å². The lowest BCUT2D eigenvalue weighted by Gasteiger charge is -2.10. The summed E-state index contributed by atoms with van der Waals surface area (Å²) in [6.07, 6.45) is 0. The van der Waals surface area contributed by atoms with E-state index in [2.05, 4.69) is 26.0 Å². The monoisotopic (exact) mass is 242 g/mol. The van der Waals surface area contributed by atoms with Gasteiger partial charge in [0, 0.05) is 0 Å². The predicted octanol–water partition coefficient (Wildman–Crippen LogP) is 3.76. The summed E-state index contributed by atoms with van der Waals surface area (Å²) in [5.74, 6) is 1.80. The van der Waals surface area contributed by atoms with Gasteiger partial charge in [0.25, 0.3) is 0 Å². The zero-order valence-electron chi connectivity index (χ0n) is 10.8. The van der Waals surface area contributed by atoms with Gasteiger partial charge in [0.1, 0.15) is 24.7 Å². The Morgan fingerprint density at radius 1 is 0.833 bits per heavy atom. The van der Waals surface area contributed by atoms with Crippen molar-refractivity contribution in [1.29, 1.82) is 0 Å². The normalized spacial score (nSPS) is 10.1. The van der Waals surface area contributed by atoms with E-state index < -0.39 is 0 Å². The van der Waals surface area contributed by atoms with Crippen LogP contribution in [-0.4, -0.2) is 13.2 Å². The molecule has 94 valence electrons. The average Bonchev–Trinajstić information content (AvgIpc) is 2.38. The molecule has 0 fully saturated rings. The Morgan fingerprint density at radius 2 is 1.56 bits per heavy atom. The quantitative estimate of drug-likeness (QED) is 0.743. The number of rotatable bonds is 5. The molecule has 0 bridgehead atoms. The molecule has 2 aromatic rings. The molecule has 0 radical (unpaired) electrons. The second kappa shape index (κ2) is 6.10. The number of hydrogen-bond donors (Lipinski definition) is 0. The molecule has 0 aliphatic carbocycles. The molecule has 0 aromatic heterocycles. The van der Waals surface area contributed by atoms with Crippen LogP contribution in [0, 0.1) is 13.8 Å². The molecular formula is C16H18O2. The summed E-state index contributed by atoms with van der Waals surface area (Å²) in [5.41, 5.74) is 2.41. The maximum atomic E-state index is 5.69. The molecule has 0 aliphatic rings. The Kier molecular flexibility index (Phi) is 4.24. The molecule has 0 unspecified atom stereocenters. The van der Waals surface area contributed by atoms with Crippen LogP contribution in [0.4, 0.5) is 0 Å². The molecule has 0 saturated heterocycles. The maximum absolute atomic E-state index is 5.69. The fourth-order valence-electron chi connectivity index (χ4n) is 1.79. The predicted molar refractivity (Wildman–Crippen MR) is 73.3 cm³/mol. The van der Waals surface area contributed by atoms with Crippen LogP contribution in [-0.2, 0) is 0 Å². The highest BCUT2D eigenvalue weighted by atomic mass is 16.5. The van der Waals surface area contributed by atoms with Crippen molar-refractivity contribution in [2.45, 2.75) is 13.8 Å². The van der Waals surface area contributed by atoms with E-state index in [0.29, 0.717) is 13.2 Å². The first kappa shape index (κ1) is 12.5. The molecule has 0 spiro atoms. The summed E-state index contributed by atoms with van der Waals surface area (Å²) in [5, 5.41) is 0. The van der Waals surface area contributed by atoms with E-state index in [-0.39, 0.29) is 0 Å². The Morgan fingerprint density at radius 3 is 2.28 bits per heavy atom. The minimum absolute atomic E-state index is 0.553. The van der Waals surface area contributed by atoms with Crippen LogP contribution in [0.5, 0.6) is 11.5 Å². The SMILES string of the molecule is Cc1ccc(OCCOc2ccccc2)c(C)c1. The van der Waals surface area contributed by atoms with Crippen LogP contribution in [0.15, 0.2) is 48.5 Å². The highest BCUT2D eigenvalue weighted by molar-refractivity contribution is 5.35. The van der Waals surface area contributed by atoms with Gasteiger partial charge in [-0.25, -0.2) is 0 Å². The van der Waals surface area contributed by atoms with Crippen molar-refractivity contribution in [3.63, 3.8) is 0 Å². The second-order valence-corrected chi connectivity index (χ2v) is 4.28. The van der Waals surface area contributed by atoms with E-state index in [1.165, 1.54) is 5.56 Å². The number of aryl methyl sites for hydroxylation is 2. The molecular weight excluding hydrogens is 224 g/mol. The van der Waals surface area contributed by atoms with Crippen molar-refractivity contribution in [1.82, 2.24) is 0 Å². The van der Waals surface area contributed by atoms with Crippen LogP contribution in [0.2, 0.25) is 0 Å². The summed E-state index contributed by atoms with van der Waals surface area (Å²) in [7, 11) is 0. The zero-order chi connectivity index (χ0) is 12.8. The Bertz CT molecular complexity index is 492. The fraction of sp³-hybridized carbons (Fsp3) is 0.250. The van der Waals surface area contributed by atoms with Gasteiger partial charge in [-0.1, -0.05) is 35.9 Å². The molecule has 0 aliphatic heterocycles. The number of benzene rings is 2. The standard InChI is InChI=1S/C16H18O2/c1-13-8-9-16(14(2)12-13)18-11-10-17-15-6-4-3-5-7-15/h3-9,12H,10-11H2,1-2H3. The smallest absolute Gasteiger partial charge is 0.122 e. The van der Waals surface area contributed by atoms with Crippen molar-refractivity contribution in [2.24, 2.45) is 0 Å². The third-order valence-corrected chi connectivity index (χ3v) is 2.68. The van der Waals surface area contributed by atoms with Gasteiger partial charge in [-0.15, -0.1) is 0 Å². The third-order valence-electron chi connectivity index (χ3n) is 2.68. The lowest BCUT2D eigenvalue weighted by molar-refractivity contribution is 0.216. The van der Waals surface area contributed by atoms with Gasteiger partial charge in [0.15, 0.2) is 0 Å². The van der Waals surface area contributed by atoms with Gasteiger partial charge < -0.3 is 9.47 Å². The summed E-state index contributed by atoms with van der Waals surface area (Å²) >= 11 is 0. The van der Waals surface area contributed by atoms with E-state index in [0.717, 1.165) is 17.1 Å². The minimum atomic E-state index is 0.553. The zero-order valence-corrected chi connectivity index (χ0v) is 10.8. The van der Waals surface area contributed by atoms with Gasteiger partial charge in [0.2, 0.25) is 0 Å². The molecule has 0 heterocycles. The molecule has 2 nitrogen and oxygen atoms in total. The molecule has 0 saturated carbocycles. The van der Waals surface area contributed by atoms with Crippen molar-refractivity contribution in [3.05, 3.63) is 59.7 Å². The van der Waals surface area contributed by atoms with Crippen molar-refractivity contribution in [2.75, 3.05) is 13.2 Å². The molecule has 2 rings (SSSR count). The van der Waals surface area contributed by atoms with Crippen LogP contribution in [0.25, 0.3) is 0 Å². The summed E-state index contributed by atoms with van der Waals surface area (Å²) in [4.78, 5) is 0. The third kappa shape index (κ3) is 3.52.